The number of anilines is 1. The van der Waals surface area contributed by atoms with Crippen LogP contribution in [-0.4, -0.2) is 19.1 Å². The summed E-state index contributed by atoms with van der Waals surface area (Å²) in [5.41, 5.74) is 7.40. The molecule has 1 saturated heterocycles. The van der Waals surface area contributed by atoms with Crippen molar-refractivity contribution in [1.82, 2.24) is 0 Å². The Labute approximate surface area is 107 Å². The molecule has 1 aliphatic heterocycles. The Bertz CT molecular complexity index is 439. The molecule has 0 aromatic heterocycles. The molecule has 1 aromatic carbocycles. The highest BCUT2D eigenvalue weighted by molar-refractivity contribution is 6.32. The summed E-state index contributed by atoms with van der Waals surface area (Å²) in [6.07, 6.45) is 3.56. The van der Waals surface area contributed by atoms with Crippen molar-refractivity contribution >= 4 is 17.3 Å². The lowest BCUT2D eigenvalue weighted by molar-refractivity contribution is 0.465. The summed E-state index contributed by atoms with van der Waals surface area (Å²) in [6, 6.07) is 8.08. The predicted molar refractivity (Wildman–Crippen MR) is 70.2 cm³/mol. The van der Waals surface area contributed by atoms with Gasteiger partial charge in [-0.3, -0.25) is 0 Å². The van der Waals surface area contributed by atoms with Gasteiger partial charge in [0.15, 0.2) is 0 Å². The summed E-state index contributed by atoms with van der Waals surface area (Å²) < 4.78 is 0. The van der Waals surface area contributed by atoms with Gasteiger partial charge < -0.3 is 10.6 Å². The third kappa shape index (κ3) is 2.54. The maximum atomic E-state index is 8.85. The molecule has 90 valence electrons. The molecule has 1 unspecified atom stereocenters. The third-order valence-electron chi connectivity index (χ3n) is 3.30. The second-order valence-corrected chi connectivity index (χ2v) is 4.76. The average molecular weight is 250 g/mol. The molecular weight excluding hydrogens is 234 g/mol. The van der Waals surface area contributed by atoms with Crippen LogP contribution in [0.1, 0.15) is 24.8 Å². The summed E-state index contributed by atoms with van der Waals surface area (Å²) in [5.74, 6) is 0. The minimum absolute atomic E-state index is 0.396. The molecule has 0 radical (unpaired) electrons. The van der Waals surface area contributed by atoms with Gasteiger partial charge in [0.1, 0.15) is 6.07 Å². The Morgan fingerprint density at radius 2 is 2.29 bits per heavy atom. The van der Waals surface area contributed by atoms with E-state index in [9.17, 15) is 0 Å². The van der Waals surface area contributed by atoms with Crippen LogP contribution in [0.4, 0.5) is 5.69 Å². The topological polar surface area (TPSA) is 53.0 Å². The Morgan fingerprint density at radius 1 is 1.47 bits per heavy atom. The van der Waals surface area contributed by atoms with Gasteiger partial charge in [-0.25, -0.2) is 0 Å². The van der Waals surface area contributed by atoms with Gasteiger partial charge in [-0.1, -0.05) is 11.6 Å². The Morgan fingerprint density at radius 3 is 2.94 bits per heavy atom. The molecule has 0 bridgehead atoms. The van der Waals surface area contributed by atoms with E-state index < -0.39 is 0 Å². The fraction of sp³-hybridized carbons (Fsp3) is 0.462. The van der Waals surface area contributed by atoms with Gasteiger partial charge in [0.25, 0.3) is 0 Å². The fourth-order valence-corrected chi connectivity index (χ4v) is 2.58. The molecule has 3 nitrogen and oxygen atoms in total. The second-order valence-electron chi connectivity index (χ2n) is 4.35. The zero-order chi connectivity index (χ0) is 12.3. The lowest BCUT2D eigenvalue weighted by atomic mass is 10.0. The van der Waals surface area contributed by atoms with Crippen LogP contribution in [0.3, 0.4) is 0 Å². The zero-order valence-corrected chi connectivity index (χ0v) is 10.5. The quantitative estimate of drug-likeness (QED) is 0.876. The molecular formula is C13H16ClN3. The van der Waals surface area contributed by atoms with Crippen molar-refractivity contribution in [2.45, 2.75) is 25.3 Å². The monoisotopic (exact) mass is 249 g/mol. The lowest BCUT2D eigenvalue weighted by Crippen LogP contribution is -2.44. The standard InChI is InChI=1S/C13H16ClN3/c14-13-7-11(5-4-10(13)8-15)17-6-2-1-3-12(17)9-16/h4-5,7,12H,1-3,6,9,16H2. The summed E-state index contributed by atoms with van der Waals surface area (Å²) in [4.78, 5) is 2.30. The Kier molecular flexibility index (Phi) is 3.88. The van der Waals surface area contributed by atoms with E-state index in [1.54, 1.807) is 6.07 Å². The highest BCUT2D eigenvalue weighted by atomic mass is 35.5. The first kappa shape index (κ1) is 12.2. The molecule has 1 aliphatic rings. The van der Waals surface area contributed by atoms with Crippen molar-refractivity contribution < 1.29 is 0 Å². The molecule has 2 rings (SSSR count). The minimum atomic E-state index is 0.396. The van der Waals surface area contributed by atoms with Gasteiger partial charge in [-0.05, 0) is 37.5 Å². The Hall–Kier alpha value is -1.24. The van der Waals surface area contributed by atoms with E-state index in [-0.39, 0.29) is 0 Å². The average Bonchev–Trinajstić information content (AvgIpc) is 2.38. The van der Waals surface area contributed by atoms with Crippen LogP contribution in [0.25, 0.3) is 0 Å². The SMILES string of the molecule is N#Cc1ccc(N2CCCCC2CN)cc1Cl. The summed E-state index contributed by atoms with van der Waals surface area (Å²) >= 11 is 6.06. The van der Waals surface area contributed by atoms with Crippen LogP contribution in [0.2, 0.25) is 5.02 Å². The number of halogens is 1. The van der Waals surface area contributed by atoms with E-state index in [4.69, 9.17) is 22.6 Å². The first-order valence-electron chi connectivity index (χ1n) is 5.92. The largest absolute Gasteiger partial charge is 0.367 e. The van der Waals surface area contributed by atoms with Crippen LogP contribution >= 0.6 is 11.6 Å². The molecule has 0 spiro atoms. The van der Waals surface area contributed by atoms with Gasteiger partial charge in [0, 0.05) is 24.8 Å². The summed E-state index contributed by atoms with van der Waals surface area (Å²) in [5, 5.41) is 9.37. The summed E-state index contributed by atoms with van der Waals surface area (Å²) in [6.45, 7) is 1.68. The first-order chi connectivity index (χ1) is 8.26. The number of hydrogen-bond acceptors (Lipinski definition) is 3. The number of nitriles is 1. The fourth-order valence-electron chi connectivity index (χ4n) is 2.36. The van der Waals surface area contributed by atoms with Gasteiger partial charge in [-0.15, -0.1) is 0 Å². The molecule has 17 heavy (non-hydrogen) atoms. The van der Waals surface area contributed by atoms with Crippen molar-refractivity contribution in [3.63, 3.8) is 0 Å². The molecule has 1 heterocycles. The highest BCUT2D eigenvalue weighted by Gasteiger charge is 2.21. The maximum absolute atomic E-state index is 8.85. The molecule has 0 aliphatic carbocycles. The lowest BCUT2D eigenvalue weighted by Gasteiger charge is -2.37. The highest BCUT2D eigenvalue weighted by Crippen LogP contribution is 2.28. The number of piperidine rings is 1. The summed E-state index contributed by atoms with van der Waals surface area (Å²) in [7, 11) is 0. The van der Waals surface area contributed by atoms with Crippen LogP contribution in [0.5, 0.6) is 0 Å². The van der Waals surface area contributed by atoms with Crippen molar-refractivity contribution in [2.24, 2.45) is 5.73 Å². The van der Waals surface area contributed by atoms with Gasteiger partial charge >= 0.3 is 0 Å². The molecule has 1 fully saturated rings. The van der Waals surface area contributed by atoms with Crippen LogP contribution in [0.15, 0.2) is 18.2 Å². The second kappa shape index (κ2) is 5.39. The van der Waals surface area contributed by atoms with Gasteiger partial charge in [0.2, 0.25) is 0 Å². The number of benzene rings is 1. The van der Waals surface area contributed by atoms with E-state index in [0.717, 1.165) is 18.7 Å². The molecule has 2 N–H and O–H groups in total. The van der Waals surface area contributed by atoms with Crippen LogP contribution < -0.4 is 10.6 Å². The van der Waals surface area contributed by atoms with E-state index in [1.165, 1.54) is 12.8 Å². The zero-order valence-electron chi connectivity index (χ0n) is 9.69. The molecule has 0 saturated carbocycles. The first-order valence-corrected chi connectivity index (χ1v) is 6.30. The number of nitrogens with two attached hydrogens (primary N) is 1. The van der Waals surface area contributed by atoms with E-state index >= 15 is 0 Å². The van der Waals surface area contributed by atoms with E-state index in [2.05, 4.69) is 11.0 Å². The van der Waals surface area contributed by atoms with Crippen molar-refractivity contribution in [3.8, 4) is 6.07 Å². The van der Waals surface area contributed by atoms with E-state index in [1.807, 2.05) is 12.1 Å². The van der Waals surface area contributed by atoms with Crippen LogP contribution in [-0.2, 0) is 0 Å². The maximum Gasteiger partial charge on any atom is 0.101 e. The van der Waals surface area contributed by atoms with Gasteiger partial charge in [-0.2, -0.15) is 5.26 Å². The molecule has 0 amide bonds. The smallest absolute Gasteiger partial charge is 0.101 e. The number of rotatable bonds is 2. The number of nitrogens with zero attached hydrogens (tertiary/aromatic N) is 2. The number of hydrogen-bond donors (Lipinski definition) is 1. The molecule has 1 atom stereocenters. The molecule has 4 heteroatoms. The van der Waals surface area contributed by atoms with Gasteiger partial charge in [0.05, 0.1) is 10.6 Å². The Balaban J connectivity index is 2.26. The van der Waals surface area contributed by atoms with Crippen molar-refractivity contribution in [1.29, 1.82) is 5.26 Å². The predicted octanol–water partition coefficient (Wildman–Crippen LogP) is 2.53. The van der Waals surface area contributed by atoms with Crippen LogP contribution in [0, 0.1) is 11.3 Å². The van der Waals surface area contributed by atoms with E-state index in [0.29, 0.717) is 23.2 Å². The van der Waals surface area contributed by atoms with Crippen molar-refractivity contribution in [3.05, 3.63) is 28.8 Å². The molecule has 1 aromatic rings. The normalized spacial score (nSPS) is 20.1. The third-order valence-corrected chi connectivity index (χ3v) is 3.62. The van der Waals surface area contributed by atoms with Crippen molar-refractivity contribution in [2.75, 3.05) is 18.0 Å². The minimum Gasteiger partial charge on any atom is -0.367 e.